The molecule has 0 aliphatic heterocycles. The average Bonchev–Trinajstić information content (AvgIpc) is 2.73. The van der Waals surface area contributed by atoms with E-state index in [-0.39, 0.29) is 28.4 Å². The SMILES string of the molecule is CNc1ccc(C(C)(C)c2ccc(NC(=O)c3cc(O)cc(C(C)=O)c3)cc2)cc1. The zero-order valence-electron chi connectivity index (χ0n) is 17.6. The third-order valence-corrected chi connectivity index (χ3v) is 5.35. The van der Waals surface area contributed by atoms with Gasteiger partial charge in [-0.05, 0) is 60.5 Å². The fourth-order valence-electron chi connectivity index (χ4n) is 3.34. The van der Waals surface area contributed by atoms with E-state index in [1.165, 1.54) is 30.7 Å². The molecule has 30 heavy (non-hydrogen) atoms. The highest BCUT2D eigenvalue weighted by molar-refractivity contribution is 6.06. The Kier molecular flexibility index (Phi) is 5.92. The van der Waals surface area contributed by atoms with Gasteiger partial charge >= 0.3 is 0 Å². The summed E-state index contributed by atoms with van der Waals surface area (Å²) in [4.78, 5) is 24.1. The topological polar surface area (TPSA) is 78.4 Å². The van der Waals surface area contributed by atoms with Crippen LogP contribution in [0.15, 0.2) is 66.7 Å². The fourth-order valence-corrected chi connectivity index (χ4v) is 3.34. The van der Waals surface area contributed by atoms with Crippen molar-refractivity contribution >= 4 is 23.1 Å². The molecule has 0 fully saturated rings. The van der Waals surface area contributed by atoms with Crippen molar-refractivity contribution in [2.45, 2.75) is 26.2 Å². The smallest absolute Gasteiger partial charge is 0.255 e. The maximum absolute atomic E-state index is 12.6. The lowest BCUT2D eigenvalue weighted by molar-refractivity contribution is 0.101. The van der Waals surface area contributed by atoms with E-state index in [1.807, 2.05) is 31.3 Å². The van der Waals surface area contributed by atoms with Gasteiger partial charge in [-0.3, -0.25) is 9.59 Å². The van der Waals surface area contributed by atoms with Crippen molar-refractivity contribution in [2.75, 3.05) is 17.7 Å². The maximum Gasteiger partial charge on any atom is 0.255 e. The molecule has 0 atom stereocenters. The molecule has 3 aromatic rings. The van der Waals surface area contributed by atoms with E-state index >= 15 is 0 Å². The molecule has 5 nitrogen and oxygen atoms in total. The summed E-state index contributed by atoms with van der Waals surface area (Å²) >= 11 is 0. The molecule has 3 N–H and O–H groups in total. The standard InChI is InChI=1S/C25H26N2O3/c1-16(28)17-13-18(15-23(29)14-17)24(30)27-22-11-7-20(8-12-22)25(2,3)19-5-9-21(26-4)10-6-19/h5-15,26,29H,1-4H3,(H,27,30). The first kappa shape index (κ1) is 21.1. The average molecular weight is 402 g/mol. The molecule has 0 spiro atoms. The monoisotopic (exact) mass is 402 g/mol. The minimum absolute atomic E-state index is 0.116. The highest BCUT2D eigenvalue weighted by atomic mass is 16.3. The summed E-state index contributed by atoms with van der Waals surface area (Å²) in [6.07, 6.45) is 0. The second-order valence-corrected chi connectivity index (χ2v) is 7.81. The number of phenolic OH excluding ortho intramolecular Hbond substituents is 1. The number of hydrogen-bond donors (Lipinski definition) is 3. The number of amides is 1. The van der Waals surface area contributed by atoms with E-state index in [2.05, 4.69) is 48.7 Å². The summed E-state index contributed by atoms with van der Waals surface area (Å²) in [7, 11) is 1.89. The highest BCUT2D eigenvalue weighted by Gasteiger charge is 2.23. The molecular weight excluding hydrogens is 376 g/mol. The molecule has 0 aromatic heterocycles. The Bertz CT molecular complexity index is 1070. The molecule has 154 valence electrons. The molecule has 0 aliphatic rings. The van der Waals surface area contributed by atoms with Crippen LogP contribution in [0.1, 0.15) is 52.6 Å². The van der Waals surface area contributed by atoms with Crippen molar-refractivity contribution in [3.8, 4) is 5.75 Å². The van der Waals surface area contributed by atoms with Gasteiger partial charge in [0.1, 0.15) is 5.75 Å². The molecule has 0 saturated carbocycles. The summed E-state index contributed by atoms with van der Waals surface area (Å²) in [5.41, 5.74) is 4.33. The molecule has 3 rings (SSSR count). The third-order valence-electron chi connectivity index (χ3n) is 5.35. The van der Waals surface area contributed by atoms with E-state index in [1.54, 1.807) is 0 Å². The summed E-state index contributed by atoms with van der Waals surface area (Å²) in [5.74, 6) is -0.716. The Labute approximate surface area is 176 Å². The number of anilines is 2. The fraction of sp³-hybridized carbons (Fsp3) is 0.200. The Morgan fingerprint density at radius 1 is 0.800 bits per heavy atom. The number of nitrogens with one attached hydrogen (secondary N) is 2. The molecular formula is C25H26N2O3. The maximum atomic E-state index is 12.6. The third kappa shape index (κ3) is 4.51. The number of Topliss-reactive ketones (excluding diaryl/α,β-unsaturated/α-hetero) is 1. The predicted molar refractivity (Wildman–Crippen MR) is 121 cm³/mol. The van der Waals surface area contributed by atoms with Gasteiger partial charge in [0, 0.05) is 35.0 Å². The summed E-state index contributed by atoms with van der Waals surface area (Å²) in [6.45, 7) is 5.71. The van der Waals surface area contributed by atoms with Crippen molar-refractivity contribution in [1.82, 2.24) is 0 Å². The van der Waals surface area contributed by atoms with Crippen molar-refractivity contribution in [3.63, 3.8) is 0 Å². The van der Waals surface area contributed by atoms with Gasteiger partial charge in [-0.25, -0.2) is 0 Å². The Morgan fingerprint density at radius 2 is 1.30 bits per heavy atom. The van der Waals surface area contributed by atoms with Gasteiger partial charge in [0.25, 0.3) is 5.91 Å². The van der Waals surface area contributed by atoms with Gasteiger partial charge in [0.15, 0.2) is 5.78 Å². The van der Waals surface area contributed by atoms with E-state index < -0.39 is 0 Å². The zero-order valence-corrected chi connectivity index (χ0v) is 17.6. The molecule has 5 heteroatoms. The molecule has 0 saturated heterocycles. The van der Waals surface area contributed by atoms with Crippen LogP contribution in [0.25, 0.3) is 0 Å². The summed E-state index contributed by atoms with van der Waals surface area (Å²) in [6, 6.07) is 20.2. The van der Waals surface area contributed by atoms with Gasteiger partial charge < -0.3 is 15.7 Å². The van der Waals surface area contributed by atoms with E-state index in [0.717, 1.165) is 11.3 Å². The van der Waals surface area contributed by atoms with Crippen molar-refractivity contribution in [3.05, 3.63) is 89.0 Å². The van der Waals surface area contributed by atoms with E-state index in [9.17, 15) is 14.7 Å². The number of rotatable bonds is 6. The lowest BCUT2D eigenvalue weighted by Gasteiger charge is -2.26. The lowest BCUT2D eigenvalue weighted by atomic mass is 9.78. The molecule has 0 radical (unpaired) electrons. The predicted octanol–water partition coefficient (Wildman–Crippen LogP) is 5.21. The van der Waals surface area contributed by atoms with Crippen molar-refractivity contribution in [1.29, 1.82) is 0 Å². The van der Waals surface area contributed by atoms with Crippen molar-refractivity contribution in [2.24, 2.45) is 0 Å². The largest absolute Gasteiger partial charge is 0.508 e. The minimum atomic E-state index is -0.386. The van der Waals surface area contributed by atoms with Crippen LogP contribution in [0.3, 0.4) is 0 Å². The minimum Gasteiger partial charge on any atom is -0.508 e. The second kappa shape index (κ2) is 8.41. The van der Waals surface area contributed by atoms with Crippen LogP contribution < -0.4 is 10.6 Å². The first-order chi connectivity index (χ1) is 14.2. The van der Waals surface area contributed by atoms with Crippen LogP contribution in [0.5, 0.6) is 5.75 Å². The first-order valence-corrected chi connectivity index (χ1v) is 9.76. The number of benzene rings is 3. The highest BCUT2D eigenvalue weighted by Crippen LogP contribution is 2.32. The first-order valence-electron chi connectivity index (χ1n) is 9.76. The molecule has 3 aromatic carbocycles. The second-order valence-electron chi connectivity index (χ2n) is 7.81. The Hall–Kier alpha value is -3.60. The Balaban J connectivity index is 1.78. The summed E-state index contributed by atoms with van der Waals surface area (Å²) < 4.78 is 0. The van der Waals surface area contributed by atoms with Crippen molar-refractivity contribution < 1.29 is 14.7 Å². The van der Waals surface area contributed by atoms with Gasteiger partial charge in [-0.15, -0.1) is 0 Å². The number of carbonyl (C=O) groups excluding carboxylic acids is 2. The van der Waals surface area contributed by atoms with Crippen LogP contribution in [-0.2, 0) is 5.41 Å². The number of carbonyl (C=O) groups is 2. The van der Waals surface area contributed by atoms with E-state index in [4.69, 9.17) is 0 Å². The molecule has 1 amide bonds. The van der Waals surface area contributed by atoms with Gasteiger partial charge in [0.2, 0.25) is 0 Å². The zero-order chi connectivity index (χ0) is 21.9. The number of ketones is 1. The van der Waals surface area contributed by atoms with Gasteiger partial charge in [0.05, 0.1) is 0 Å². The normalized spacial score (nSPS) is 11.1. The summed E-state index contributed by atoms with van der Waals surface area (Å²) in [5, 5.41) is 15.7. The van der Waals surface area contributed by atoms with Crippen LogP contribution in [0.2, 0.25) is 0 Å². The quantitative estimate of drug-likeness (QED) is 0.494. The van der Waals surface area contributed by atoms with Crippen LogP contribution in [-0.4, -0.2) is 23.8 Å². The van der Waals surface area contributed by atoms with Gasteiger partial charge in [-0.2, -0.15) is 0 Å². The number of hydrogen-bond acceptors (Lipinski definition) is 4. The number of phenols is 1. The molecule has 0 bridgehead atoms. The molecule has 0 heterocycles. The van der Waals surface area contributed by atoms with Crippen LogP contribution in [0, 0.1) is 0 Å². The van der Waals surface area contributed by atoms with Crippen LogP contribution in [0.4, 0.5) is 11.4 Å². The lowest BCUT2D eigenvalue weighted by Crippen LogP contribution is -2.19. The Morgan fingerprint density at radius 3 is 1.80 bits per heavy atom. The number of aromatic hydroxyl groups is 1. The van der Waals surface area contributed by atoms with Gasteiger partial charge in [-0.1, -0.05) is 38.1 Å². The van der Waals surface area contributed by atoms with Crippen LogP contribution >= 0.6 is 0 Å². The molecule has 0 unspecified atom stereocenters. The van der Waals surface area contributed by atoms with E-state index in [0.29, 0.717) is 11.3 Å². The molecule has 0 aliphatic carbocycles.